The average molecular weight is 324 g/mol. The Labute approximate surface area is 139 Å². The number of amides is 1. The van der Waals surface area contributed by atoms with Crippen LogP contribution in [0, 0.1) is 6.92 Å². The van der Waals surface area contributed by atoms with Gasteiger partial charge in [0.15, 0.2) is 5.69 Å². The van der Waals surface area contributed by atoms with Crippen molar-refractivity contribution in [1.29, 1.82) is 0 Å². The lowest BCUT2D eigenvalue weighted by atomic mass is 10.1. The number of carbonyl (C=O) groups excluding carboxylic acids is 1. The van der Waals surface area contributed by atoms with E-state index in [4.69, 9.17) is 5.73 Å². The predicted molar refractivity (Wildman–Crippen MR) is 92.0 cm³/mol. The average Bonchev–Trinajstić information content (AvgIpc) is 2.95. The van der Waals surface area contributed by atoms with Gasteiger partial charge in [0.25, 0.3) is 5.91 Å². The minimum absolute atomic E-state index is 0.281. The number of fused-ring (bicyclic) bond motifs is 1. The summed E-state index contributed by atoms with van der Waals surface area (Å²) in [6.07, 6.45) is 3.53. The zero-order valence-corrected chi connectivity index (χ0v) is 13.9. The van der Waals surface area contributed by atoms with Crippen LogP contribution < -0.4 is 11.1 Å². The van der Waals surface area contributed by atoms with E-state index in [9.17, 15) is 4.79 Å². The molecule has 0 atom stereocenters. The number of hydrogen-bond acceptors (Lipinski definition) is 5. The molecular weight excluding hydrogens is 304 g/mol. The summed E-state index contributed by atoms with van der Waals surface area (Å²) in [5.74, 6) is -0.281. The highest BCUT2D eigenvalue weighted by molar-refractivity contribution is 5.94. The minimum atomic E-state index is -0.502. The first-order valence-corrected chi connectivity index (χ1v) is 7.71. The first-order valence-electron chi connectivity index (χ1n) is 7.71. The molecule has 24 heavy (non-hydrogen) atoms. The maximum Gasteiger partial charge on any atom is 0.274 e. The van der Waals surface area contributed by atoms with Gasteiger partial charge in [-0.2, -0.15) is 0 Å². The summed E-state index contributed by atoms with van der Waals surface area (Å²) >= 11 is 0. The molecule has 0 fully saturated rings. The van der Waals surface area contributed by atoms with Gasteiger partial charge in [0.1, 0.15) is 0 Å². The van der Waals surface area contributed by atoms with E-state index >= 15 is 0 Å². The second-order valence-corrected chi connectivity index (χ2v) is 6.35. The molecule has 7 nitrogen and oxygen atoms in total. The standard InChI is InChI=1S/C17H20N6O/c1-11-15(16(24)20-17(2,3)10-18)21-22-23(11)14-6-4-5-12-9-19-8-7-13(12)14/h4-9H,10,18H2,1-3H3,(H,20,24). The topological polar surface area (TPSA) is 98.7 Å². The molecule has 0 bridgehead atoms. The third kappa shape index (κ3) is 2.85. The van der Waals surface area contributed by atoms with Crippen molar-refractivity contribution in [2.24, 2.45) is 5.73 Å². The summed E-state index contributed by atoms with van der Waals surface area (Å²) in [4.78, 5) is 16.6. The molecule has 0 saturated heterocycles. The van der Waals surface area contributed by atoms with Gasteiger partial charge < -0.3 is 11.1 Å². The van der Waals surface area contributed by atoms with Crippen LogP contribution in [0.25, 0.3) is 16.5 Å². The van der Waals surface area contributed by atoms with Crippen molar-refractivity contribution >= 4 is 16.7 Å². The van der Waals surface area contributed by atoms with Crippen molar-refractivity contribution in [1.82, 2.24) is 25.3 Å². The number of nitrogens with zero attached hydrogens (tertiary/aromatic N) is 4. The summed E-state index contributed by atoms with van der Waals surface area (Å²) in [5, 5.41) is 13.1. The van der Waals surface area contributed by atoms with Crippen LogP contribution in [0.15, 0.2) is 36.7 Å². The molecule has 1 amide bonds. The van der Waals surface area contributed by atoms with Crippen LogP contribution in [0.2, 0.25) is 0 Å². The maximum atomic E-state index is 12.5. The molecule has 2 aromatic heterocycles. The zero-order chi connectivity index (χ0) is 17.3. The van der Waals surface area contributed by atoms with Gasteiger partial charge in [-0.05, 0) is 32.9 Å². The predicted octanol–water partition coefficient (Wildman–Crippen LogP) is 1.59. The van der Waals surface area contributed by atoms with Gasteiger partial charge >= 0.3 is 0 Å². The number of pyridine rings is 1. The Morgan fingerprint density at radius 2 is 2.12 bits per heavy atom. The molecule has 124 valence electrons. The van der Waals surface area contributed by atoms with E-state index in [1.165, 1.54) is 0 Å². The lowest BCUT2D eigenvalue weighted by Gasteiger charge is -2.23. The van der Waals surface area contributed by atoms with Crippen molar-refractivity contribution in [3.8, 4) is 5.69 Å². The van der Waals surface area contributed by atoms with Gasteiger partial charge in [-0.1, -0.05) is 17.3 Å². The third-order valence-corrected chi connectivity index (χ3v) is 3.96. The van der Waals surface area contributed by atoms with E-state index in [-0.39, 0.29) is 5.91 Å². The monoisotopic (exact) mass is 324 g/mol. The summed E-state index contributed by atoms with van der Waals surface area (Å²) in [6, 6.07) is 7.77. The largest absolute Gasteiger partial charge is 0.344 e. The van der Waals surface area contributed by atoms with E-state index in [1.807, 2.05) is 45.0 Å². The molecular formula is C17H20N6O. The Morgan fingerprint density at radius 1 is 1.33 bits per heavy atom. The Bertz CT molecular complexity index is 894. The van der Waals surface area contributed by atoms with E-state index in [1.54, 1.807) is 17.1 Å². The minimum Gasteiger partial charge on any atom is -0.344 e. The van der Waals surface area contributed by atoms with Crippen molar-refractivity contribution < 1.29 is 4.79 Å². The molecule has 0 radical (unpaired) electrons. The summed E-state index contributed by atoms with van der Waals surface area (Å²) in [5.41, 5.74) is 6.99. The SMILES string of the molecule is Cc1c(C(=O)NC(C)(C)CN)nnn1-c1cccc2cnccc12. The van der Waals surface area contributed by atoms with Crippen LogP contribution in [0.3, 0.4) is 0 Å². The van der Waals surface area contributed by atoms with Gasteiger partial charge in [-0.3, -0.25) is 9.78 Å². The highest BCUT2D eigenvalue weighted by atomic mass is 16.2. The van der Waals surface area contributed by atoms with E-state index < -0.39 is 5.54 Å². The van der Waals surface area contributed by atoms with Crippen LogP contribution in [0.5, 0.6) is 0 Å². The van der Waals surface area contributed by atoms with Crippen LogP contribution in [0.4, 0.5) is 0 Å². The van der Waals surface area contributed by atoms with Crippen molar-refractivity contribution in [2.75, 3.05) is 6.54 Å². The fourth-order valence-corrected chi connectivity index (χ4v) is 2.48. The van der Waals surface area contributed by atoms with Crippen molar-refractivity contribution in [3.63, 3.8) is 0 Å². The fourth-order valence-electron chi connectivity index (χ4n) is 2.48. The number of nitrogens with one attached hydrogen (secondary N) is 1. The van der Waals surface area contributed by atoms with E-state index in [0.29, 0.717) is 17.9 Å². The van der Waals surface area contributed by atoms with Crippen LogP contribution in [-0.2, 0) is 0 Å². The van der Waals surface area contributed by atoms with Crippen molar-refractivity contribution in [3.05, 3.63) is 48.0 Å². The van der Waals surface area contributed by atoms with Crippen LogP contribution >= 0.6 is 0 Å². The highest BCUT2D eigenvalue weighted by Crippen LogP contribution is 2.22. The van der Waals surface area contributed by atoms with E-state index in [2.05, 4.69) is 20.6 Å². The first-order chi connectivity index (χ1) is 11.4. The van der Waals surface area contributed by atoms with Crippen molar-refractivity contribution in [2.45, 2.75) is 26.3 Å². The quantitative estimate of drug-likeness (QED) is 0.759. The molecule has 0 unspecified atom stereocenters. The summed E-state index contributed by atoms with van der Waals surface area (Å²) in [7, 11) is 0. The highest BCUT2D eigenvalue weighted by Gasteiger charge is 2.24. The number of hydrogen-bond donors (Lipinski definition) is 2. The van der Waals surface area contributed by atoms with Gasteiger partial charge in [0.2, 0.25) is 0 Å². The molecule has 0 aliphatic carbocycles. The molecule has 0 aliphatic rings. The molecule has 3 aromatic rings. The van der Waals surface area contributed by atoms with Gasteiger partial charge in [-0.15, -0.1) is 5.10 Å². The third-order valence-electron chi connectivity index (χ3n) is 3.96. The number of nitrogens with two attached hydrogens (primary N) is 1. The molecule has 0 aliphatic heterocycles. The van der Waals surface area contributed by atoms with Crippen LogP contribution in [0.1, 0.15) is 30.0 Å². The zero-order valence-electron chi connectivity index (χ0n) is 13.9. The summed E-state index contributed by atoms with van der Waals surface area (Å²) in [6.45, 7) is 5.89. The number of carbonyl (C=O) groups is 1. The second-order valence-electron chi connectivity index (χ2n) is 6.35. The lowest BCUT2D eigenvalue weighted by Crippen LogP contribution is -2.49. The Hall–Kier alpha value is -2.80. The Morgan fingerprint density at radius 3 is 2.88 bits per heavy atom. The van der Waals surface area contributed by atoms with E-state index in [0.717, 1.165) is 16.5 Å². The first kappa shape index (κ1) is 16.1. The number of rotatable bonds is 4. The molecule has 3 rings (SSSR count). The molecule has 0 spiro atoms. The number of aromatic nitrogens is 4. The van der Waals surface area contributed by atoms with Crippen LogP contribution in [-0.4, -0.2) is 38.0 Å². The molecule has 0 saturated carbocycles. The lowest BCUT2D eigenvalue weighted by molar-refractivity contribution is 0.0910. The Kier molecular flexibility index (Phi) is 4.02. The molecule has 1 aromatic carbocycles. The van der Waals surface area contributed by atoms with Gasteiger partial charge in [0, 0.05) is 35.2 Å². The Balaban J connectivity index is 2.02. The maximum absolute atomic E-state index is 12.5. The fraction of sp³-hybridized carbons (Fsp3) is 0.294. The molecule has 7 heteroatoms. The molecule has 2 heterocycles. The normalized spacial score (nSPS) is 11.7. The smallest absolute Gasteiger partial charge is 0.274 e. The van der Waals surface area contributed by atoms with Gasteiger partial charge in [-0.25, -0.2) is 4.68 Å². The van der Waals surface area contributed by atoms with Gasteiger partial charge in [0.05, 0.1) is 11.4 Å². The summed E-state index contributed by atoms with van der Waals surface area (Å²) < 4.78 is 1.67. The number of benzene rings is 1. The second kappa shape index (κ2) is 6.01. The molecule has 3 N–H and O–H groups in total.